The Morgan fingerprint density at radius 1 is 1.23 bits per heavy atom. The number of amides is 1. The van der Waals surface area contributed by atoms with Gasteiger partial charge in [0.05, 0.1) is 12.5 Å². The molecule has 5 heteroatoms. The topological polar surface area (TPSA) is 66.4 Å². The van der Waals surface area contributed by atoms with Crippen LogP contribution in [-0.4, -0.2) is 23.2 Å². The second kappa shape index (κ2) is 8.22. The normalized spacial score (nSPS) is 17.0. The number of nitrogens with one attached hydrogen (secondary N) is 1. The van der Waals surface area contributed by atoms with Gasteiger partial charge in [-0.15, -0.1) is 11.8 Å². The van der Waals surface area contributed by atoms with Crippen molar-refractivity contribution in [2.45, 2.75) is 49.5 Å². The van der Waals surface area contributed by atoms with Gasteiger partial charge in [-0.05, 0) is 36.8 Å². The Morgan fingerprint density at radius 2 is 1.86 bits per heavy atom. The highest BCUT2D eigenvalue weighted by atomic mass is 32.2. The van der Waals surface area contributed by atoms with Crippen molar-refractivity contribution in [3.05, 3.63) is 29.8 Å². The van der Waals surface area contributed by atoms with Crippen LogP contribution in [0.25, 0.3) is 0 Å². The third-order valence-corrected chi connectivity index (χ3v) is 4.93. The minimum absolute atomic E-state index is 0.0000990. The summed E-state index contributed by atoms with van der Waals surface area (Å²) in [7, 11) is 0. The van der Waals surface area contributed by atoms with Crippen LogP contribution in [-0.2, 0) is 9.59 Å². The molecule has 0 spiro atoms. The largest absolute Gasteiger partial charge is 0.481 e. The van der Waals surface area contributed by atoms with E-state index in [0.29, 0.717) is 0 Å². The molecule has 120 valence electrons. The van der Waals surface area contributed by atoms with Crippen molar-refractivity contribution in [3.8, 4) is 0 Å². The molecule has 0 heterocycles. The van der Waals surface area contributed by atoms with Crippen LogP contribution in [0.2, 0.25) is 0 Å². The van der Waals surface area contributed by atoms with Crippen LogP contribution < -0.4 is 5.32 Å². The monoisotopic (exact) mass is 321 g/mol. The van der Waals surface area contributed by atoms with Gasteiger partial charge in [-0.2, -0.15) is 0 Å². The van der Waals surface area contributed by atoms with Gasteiger partial charge in [0, 0.05) is 10.8 Å². The number of hydrogen-bond acceptors (Lipinski definition) is 3. The number of aliphatic carboxylic acids is 1. The molecule has 1 fully saturated rings. The lowest BCUT2D eigenvalue weighted by atomic mass is 9.88. The zero-order valence-corrected chi connectivity index (χ0v) is 13.7. The van der Waals surface area contributed by atoms with Crippen molar-refractivity contribution >= 4 is 23.6 Å². The molecular formula is C17H23NO3S. The molecular weight excluding hydrogens is 298 g/mol. The van der Waals surface area contributed by atoms with E-state index in [4.69, 9.17) is 5.11 Å². The smallest absolute Gasteiger partial charge is 0.305 e. The summed E-state index contributed by atoms with van der Waals surface area (Å²) in [6.45, 7) is 0. The van der Waals surface area contributed by atoms with E-state index < -0.39 is 12.0 Å². The van der Waals surface area contributed by atoms with Crippen LogP contribution in [0.4, 0.5) is 0 Å². The number of thioether (sulfide) groups is 1. The molecule has 1 aromatic rings. The van der Waals surface area contributed by atoms with Gasteiger partial charge in [0.25, 0.3) is 0 Å². The molecule has 22 heavy (non-hydrogen) atoms. The van der Waals surface area contributed by atoms with Crippen molar-refractivity contribution in [2.24, 2.45) is 5.92 Å². The lowest BCUT2D eigenvalue weighted by Crippen LogP contribution is -2.35. The van der Waals surface area contributed by atoms with Gasteiger partial charge in [0.15, 0.2) is 0 Å². The number of hydrogen-bond donors (Lipinski definition) is 2. The molecule has 4 nitrogen and oxygen atoms in total. The average molecular weight is 321 g/mol. The fourth-order valence-corrected chi connectivity index (χ4v) is 3.33. The summed E-state index contributed by atoms with van der Waals surface area (Å²) < 4.78 is 0. The van der Waals surface area contributed by atoms with Gasteiger partial charge in [0.1, 0.15) is 0 Å². The van der Waals surface area contributed by atoms with Crippen LogP contribution >= 0.6 is 11.8 Å². The molecule has 1 aliphatic carbocycles. The predicted octanol–water partition coefficient (Wildman–Crippen LogP) is 3.62. The fourth-order valence-electron chi connectivity index (χ4n) is 2.92. The average Bonchev–Trinajstić information content (AvgIpc) is 2.54. The maximum Gasteiger partial charge on any atom is 0.305 e. The third-order valence-electron chi connectivity index (χ3n) is 4.19. The fraction of sp³-hybridized carbons (Fsp3) is 0.529. The first-order valence-electron chi connectivity index (χ1n) is 7.76. The van der Waals surface area contributed by atoms with E-state index in [9.17, 15) is 9.59 Å². The maximum absolute atomic E-state index is 12.4. The van der Waals surface area contributed by atoms with Gasteiger partial charge in [-0.1, -0.05) is 31.4 Å². The Hall–Kier alpha value is -1.49. The van der Waals surface area contributed by atoms with Crippen LogP contribution in [0.15, 0.2) is 29.2 Å². The van der Waals surface area contributed by atoms with Crippen molar-refractivity contribution in [3.63, 3.8) is 0 Å². The Bertz CT molecular complexity index is 509. The summed E-state index contributed by atoms with van der Waals surface area (Å²) >= 11 is 1.64. The summed E-state index contributed by atoms with van der Waals surface area (Å²) in [5.41, 5.74) is 0.851. The van der Waals surface area contributed by atoms with E-state index in [1.807, 2.05) is 30.5 Å². The molecule has 1 unspecified atom stereocenters. The van der Waals surface area contributed by atoms with E-state index >= 15 is 0 Å². The third kappa shape index (κ3) is 4.77. The van der Waals surface area contributed by atoms with Crippen molar-refractivity contribution < 1.29 is 14.7 Å². The molecule has 0 saturated heterocycles. The van der Waals surface area contributed by atoms with E-state index in [2.05, 4.69) is 5.32 Å². The van der Waals surface area contributed by atoms with Crippen molar-refractivity contribution in [2.75, 3.05) is 6.26 Å². The highest BCUT2D eigenvalue weighted by Gasteiger charge is 2.25. The van der Waals surface area contributed by atoms with Gasteiger partial charge < -0.3 is 10.4 Å². The quantitative estimate of drug-likeness (QED) is 0.785. The highest BCUT2D eigenvalue weighted by Crippen LogP contribution is 2.26. The number of rotatable bonds is 6. The standard InChI is InChI=1S/C17H23NO3S/c1-22-14-9-7-12(8-10-14)15(11-16(19)20)18-17(21)13-5-3-2-4-6-13/h7-10,13,15H,2-6,11H2,1H3,(H,18,21)(H,19,20). The van der Waals surface area contributed by atoms with Gasteiger partial charge >= 0.3 is 5.97 Å². The number of carbonyl (C=O) groups is 2. The van der Waals surface area contributed by atoms with Crippen LogP contribution in [0, 0.1) is 5.92 Å². The Labute approximate surface area is 135 Å². The maximum atomic E-state index is 12.4. The van der Waals surface area contributed by atoms with E-state index in [1.165, 1.54) is 6.42 Å². The molecule has 0 aliphatic heterocycles. The molecule has 1 atom stereocenters. The Kier molecular flexibility index (Phi) is 6.31. The molecule has 1 amide bonds. The van der Waals surface area contributed by atoms with Crippen LogP contribution in [0.5, 0.6) is 0 Å². The van der Waals surface area contributed by atoms with E-state index in [1.54, 1.807) is 11.8 Å². The Balaban J connectivity index is 2.07. The summed E-state index contributed by atoms with van der Waals surface area (Å²) in [4.78, 5) is 24.6. The second-order valence-electron chi connectivity index (χ2n) is 5.77. The number of carbonyl (C=O) groups excluding carboxylic acids is 1. The lowest BCUT2D eigenvalue weighted by molar-refractivity contribution is -0.138. The SMILES string of the molecule is CSc1ccc(C(CC(=O)O)NC(=O)C2CCCCC2)cc1. The molecule has 0 aromatic heterocycles. The number of carboxylic acid groups (broad SMARTS) is 1. The zero-order chi connectivity index (χ0) is 15.9. The minimum atomic E-state index is -0.900. The highest BCUT2D eigenvalue weighted by molar-refractivity contribution is 7.98. The van der Waals surface area contributed by atoms with E-state index in [0.717, 1.165) is 36.1 Å². The molecule has 0 radical (unpaired) electrons. The molecule has 1 saturated carbocycles. The first kappa shape index (κ1) is 16.9. The second-order valence-corrected chi connectivity index (χ2v) is 6.65. The van der Waals surface area contributed by atoms with Crippen LogP contribution in [0.1, 0.15) is 50.1 Å². The summed E-state index contributed by atoms with van der Waals surface area (Å²) in [6, 6.07) is 7.27. The predicted molar refractivity (Wildman–Crippen MR) is 87.9 cm³/mol. The van der Waals surface area contributed by atoms with Crippen molar-refractivity contribution in [1.29, 1.82) is 0 Å². The Morgan fingerprint density at radius 3 is 2.41 bits per heavy atom. The van der Waals surface area contributed by atoms with Gasteiger partial charge in [0.2, 0.25) is 5.91 Å². The van der Waals surface area contributed by atoms with Gasteiger partial charge in [-0.25, -0.2) is 0 Å². The lowest BCUT2D eigenvalue weighted by Gasteiger charge is -2.24. The summed E-state index contributed by atoms with van der Waals surface area (Å²) in [5.74, 6) is -0.863. The first-order valence-corrected chi connectivity index (χ1v) is 8.98. The molecule has 2 rings (SSSR count). The number of benzene rings is 1. The molecule has 0 bridgehead atoms. The van der Waals surface area contributed by atoms with Crippen molar-refractivity contribution in [1.82, 2.24) is 5.32 Å². The minimum Gasteiger partial charge on any atom is -0.481 e. The molecule has 1 aromatic carbocycles. The van der Waals surface area contributed by atoms with Gasteiger partial charge in [-0.3, -0.25) is 9.59 Å². The summed E-state index contributed by atoms with van der Waals surface area (Å²) in [6.07, 6.45) is 7.10. The molecule has 2 N–H and O–H groups in total. The number of carboxylic acids is 1. The first-order chi connectivity index (χ1) is 10.6. The van der Waals surface area contributed by atoms with Crippen LogP contribution in [0.3, 0.4) is 0 Å². The molecule has 1 aliphatic rings. The zero-order valence-electron chi connectivity index (χ0n) is 12.9. The van der Waals surface area contributed by atoms with E-state index in [-0.39, 0.29) is 18.2 Å². The summed E-state index contributed by atoms with van der Waals surface area (Å²) in [5, 5.41) is 12.1.